The molecule has 1 rings (SSSR count). The molecule has 1 saturated carbocycles. The van der Waals surface area contributed by atoms with Gasteiger partial charge in [0.2, 0.25) is 0 Å². The Bertz CT molecular complexity index is 133. The minimum atomic E-state index is -0.337. The maximum absolute atomic E-state index is 9.59. The SMILES string of the molecule is CC(C)(C)C(O)COCC1CC1. The van der Waals surface area contributed by atoms with E-state index in [9.17, 15) is 5.11 Å². The molecule has 0 aromatic carbocycles. The van der Waals surface area contributed by atoms with E-state index in [-0.39, 0.29) is 11.5 Å². The van der Waals surface area contributed by atoms with Gasteiger partial charge in [0.25, 0.3) is 0 Å². The van der Waals surface area contributed by atoms with E-state index in [1.807, 2.05) is 20.8 Å². The van der Waals surface area contributed by atoms with Gasteiger partial charge in [0.05, 0.1) is 12.7 Å². The van der Waals surface area contributed by atoms with Crippen LogP contribution in [0.25, 0.3) is 0 Å². The number of aliphatic hydroxyl groups is 1. The third kappa shape index (κ3) is 3.55. The van der Waals surface area contributed by atoms with Crippen molar-refractivity contribution >= 4 is 0 Å². The Balaban J connectivity index is 2.04. The van der Waals surface area contributed by atoms with Gasteiger partial charge in [-0.1, -0.05) is 20.8 Å². The van der Waals surface area contributed by atoms with E-state index >= 15 is 0 Å². The summed E-state index contributed by atoms with van der Waals surface area (Å²) in [5.74, 6) is 0.789. The smallest absolute Gasteiger partial charge is 0.0821 e. The highest BCUT2D eigenvalue weighted by molar-refractivity contribution is 4.74. The highest BCUT2D eigenvalue weighted by Gasteiger charge is 2.25. The zero-order valence-corrected chi connectivity index (χ0v) is 8.34. The minimum absolute atomic E-state index is 0.0520. The van der Waals surface area contributed by atoms with Crippen LogP contribution in [0.15, 0.2) is 0 Å². The molecule has 12 heavy (non-hydrogen) atoms. The molecule has 0 aromatic rings. The molecule has 0 heterocycles. The van der Waals surface area contributed by atoms with Gasteiger partial charge in [0.1, 0.15) is 0 Å². The van der Waals surface area contributed by atoms with E-state index in [1.54, 1.807) is 0 Å². The van der Waals surface area contributed by atoms with E-state index in [1.165, 1.54) is 12.8 Å². The molecule has 0 saturated heterocycles. The van der Waals surface area contributed by atoms with Crippen molar-refractivity contribution in [2.45, 2.75) is 39.7 Å². The summed E-state index contributed by atoms with van der Waals surface area (Å²) in [7, 11) is 0. The molecule has 0 aromatic heterocycles. The molecule has 0 bridgehead atoms. The molecule has 1 aliphatic carbocycles. The quantitative estimate of drug-likeness (QED) is 0.701. The second-order valence-electron chi connectivity index (χ2n) is 4.86. The fourth-order valence-electron chi connectivity index (χ4n) is 0.881. The number of rotatable bonds is 4. The molecule has 1 fully saturated rings. The first-order chi connectivity index (χ1) is 5.50. The number of aliphatic hydroxyl groups excluding tert-OH is 1. The zero-order chi connectivity index (χ0) is 9.19. The maximum atomic E-state index is 9.59. The van der Waals surface area contributed by atoms with Crippen LogP contribution in [-0.4, -0.2) is 24.4 Å². The van der Waals surface area contributed by atoms with E-state index in [4.69, 9.17) is 4.74 Å². The monoisotopic (exact) mass is 172 g/mol. The zero-order valence-electron chi connectivity index (χ0n) is 8.34. The Labute approximate surface area is 74.9 Å². The first-order valence-electron chi connectivity index (χ1n) is 4.76. The predicted octanol–water partition coefficient (Wildman–Crippen LogP) is 1.82. The minimum Gasteiger partial charge on any atom is -0.390 e. The van der Waals surface area contributed by atoms with Gasteiger partial charge >= 0.3 is 0 Å². The Morgan fingerprint density at radius 2 is 2.00 bits per heavy atom. The summed E-state index contributed by atoms with van der Waals surface area (Å²) in [6.45, 7) is 7.40. The van der Waals surface area contributed by atoms with Gasteiger partial charge in [-0.25, -0.2) is 0 Å². The van der Waals surface area contributed by atoms with E-state index < -0.39 is 0 Å². The first-order valence-corrected chi connectivity index (χ1v) is 4.76. The molecule has 0 spiro atoms. The summed E-state index contributed by atoms with van der Waals surface area (Å²) in [4.78, 5) is 0. The molecule has 1 atom stereocenters. The van der Waals surface area contributed by atoms with E-state index in [0.29, 0.717) is 6.61 Å². The van der Waals surface area contributed by atoms with Gasteiger partial charge in [0, 0.05) is 6.61 Å². The molecular formula is C10H20O2. The Hall–Kier alpha value is -0.0800. The standard InChI is InChI=1S/C10H20O2/c1-10(2,3)9(11)7-12-6-8-4-5-8/h8-9,11H,4-7H2,1-3H3. The third-order valence-electron chi connectivity index (χ3n) is 2.33. The van der Waals surface area contributed by atoms with Crippen molar-refractivity contribution in [3.8, 4) is 0 Å². The number of ether oxygens (including phenoxy) is 1. The lowest BCUT2D eigenvalue weighted by atomic mass is 9.90. The maximum Gasteiger partial charge on any atom is 0.0821 e. The fourth-order valence-corrected chi connectivity index (χ4v) is 0.881. The van der Waals surface area contributed by atoms with Crippen molar-refractivity contribution in [3.05, 3.63) is 0 Å². The van der Waals surface area contributed by atoms with Crippen molar-refractivity contribution in [2.75, 3.05) is 13.2 Å². The van der Waals surface area contributed by atoms with Crippen LogP contribution in [0.2, 0.25) is 0 Å². The summed E-state index contributed by atoms with van der Waals surface area (Å²) in [6.07, 6.45) is 2.29. The Morgan fingerprint density at radius 1 is 1.42 bits per heavy atom. The summed E-state index contributed by atoms with van der Waals surface area (Å²) in [6, 6.07) is 0. The van der Waals surface area contributed by atoms with Gasteiger partial charge in [-0.2, -0.15) is 0 Å². The highest BCUT2D eigenvalue weighted by Crippen LogP contribution is 2.29. The summed E-state index contributed by atoms with van der Waals surface area (Å²) >= 11 is 0. The summed E-state index contributed by atoms with van der Waals surface area (Å²) < 4.78 is 5.40. The van der Waals surface area contributed by atoms with Crippen LogP contribution in [0.1, 0.15) is 33.6 Å². The molecule has 0 aliphatic heterocycles. The molecule has 2 nitrogen and oxygen atoms in total. The van der Waals surface area contributed by atoms with Gasteiger partial charge < -0.3 is 9.84 Å². The second-order valence-corrected chi connectivity index (χ2v) is 4.86. The van der Waals surface area contributed by atoms with Crippen molar-refractivity contribution in [1.29, 1.82) is 0 Å². The molecule has 72 valence electrons. The lowest BCUT2D eigenvalue weighted by Crippen LogP contribution is -2.30. The Morgan fingerprint density at radius 3 is 2.42 bits per heavy atom. The van der Waals surface area contributed by atoms with E-state index in [0.717, 1.165) is 12.5 Å². The first kappa shape index (κ1) is 10.0. The van der Waals surface area contributed by atoms with Crippen LogP contribution in [0.5, 0.6) is 0 Å². The van der Waals surface area contributed by atoms with Crippen LogP contribution < -0.4 is 0 Å². The van der Waals surface area contributed by atoms with Crippen LogP contribution in [0, 0.1) is 11.3 Å². The molecule has 1 N–H and O–H groups in total. The van der Waals surface area contributed by atoms with Gasteiger partial charge in [-0.05, 0) is 24.2 Å². The fraction of sp³-hybridized carbons (Fsp3) is 1.00. The summed E-state index contributed by atoms with van der Waals surface area (Å²) in [5, 5.41) is 9.59. The molecule has 0 radical (unpaired) electrons. The lowest BCUT2D eigenvalue weighted by molar-refractivity contribution is -0.0229. The van der Waals surface area contributed by atoms with Crippen LogP contribution in [-0.2, 0) is 4.74 Å². The molecule has 1 unspecified atom stereocenters. The average Bonchev–Trinajstić information content (AvgIpc) is 2.69. The number of hydrogen-bond acceptors (Lipinski definition) is 2. The average molecular weight is 172 g/mol. The largest absolute Gasteiger partial charge is 0.390 e. The van der Waals surface area contributed by atoms with Crippen molar-refractivity contribution < 1.29 is 9.84 Å². The van der Waals surface area contributed by atoms with Crippen molar-refractivity contribution in [1.82, 2.24) is 0 Å². The van der Waals surface area contributed by atoms with Gasteiger partial charge in [0.15, 0.2) is 0 Å². The molecular weight excluding hydrogens is 152 g/mol. The summed E-state index contributed by atoms with van der Waals surface area (Å²) in [5.41, 5.74) is -0.0520. The normalized spacial score (nSPS) is 21.0. The second kappa shape index (κ2) is 3.75. The third-order valence-corrected chi connectivity index (χ3v) is 2.33. The predicted molar refractivity (Wildman–Crippen MR) is 49.0 cm³/mol. The van der Waals surface area contributed by atoms with Gasteiger partial charge in [-0.3, -0.25) is 0 Å². The highest BCUT2D eigenvalue weighted by atomic mass is 16.5. The topological polar surface area (TPSA) is 29.5 Å². The Kier molecular flexibility index (Phi) is 3.13. The van der Waals surface area contributed by atoms with Crippen LogP contribution >= 0.6 is 0 Å². The van der Waals surface area contributed by atoms with Crippen molar-refractivity contribution in [2.24, 2.45) is 11.3 Å². The van der Waals surface area contributed by atoms with E-state index in [2.05, 4.69) is 0 Å². The van der Waals surface area contributed by atoms with Crippen LogP contribution in [0.3, 0.4) is 0 Å². The van der Waals surface area contributed by atoms with Gasteiger partial charge in [-0.15, -0.1) is 0 Å². The van der Waals surface area contributed by atoms with Crippen molar-refractivity contribution in [3.63, 3.8) is 0 Å². The lowest BCUT2D eigenvalue weighted by Gasteiger charge is -2.25. The molecule has 2 heteroatoms. The number of hydrogen-bond donors (Lipinski definition) is 1. The molecule has 1 aliphatic rings. The van der Waals surface area contributed by atoms with Crippen LogP contribution in [0.4, 0.5) is 0 Å². The molecule has 0 amide bonds.